The SMILES string of the molecule is CN=C(NCCCNC(=O)c1cccs1)NCCc1ccc(OC)cc1. The summed E-state index contributed by atoms with van der Waals surface area (Å²) in [6, 6.07) is 11.8. The predicted molar refractivity (Wildman–Crippen MR) is 107 cm³/mol. The average Bonchev–Trinajstić information content (AvgIpc) is 3.21. The van der Waals surface area contributed by atoms with E-state index in [2.05, 4.69) is 33.1 Å². The molecule has 7 heteroatoms. The fourth-order valence-corrected chi connectivity index (χ4v) is 2.97. The van der Waals surface area contributed by atoms with Gasteiger partial charge in [-0.1, -0.05) is 18.2 Å². The van der Waals surface area contributed by atoms with Crippen molar-refractivity contribution in [3.8, 4) is 5.75 Å². The van der Waals surface area contributed by atoms with Crippen LogP contribution in [0.1, 0.15) is 21.7 Å². The summed E-state index contributed by atoms with van der Waals surface area (Å²) < 4.78 is 5.16. The van der Waals surface area contributed by atoms with E-state index in [1.165, 1.54) is 16.9 Å². The number of aliphatic imine (C=N–C) groups is 1. The number of nitrogens with zero attached hydrogens (tertiary/aromatic N) is 1. The van der Waals surface area contributed by atoms with Gasteiger partial charge >= 0.3 is 0 Å². The third-order valence-electron chi connectivity index (χ3n) is 3.77. The molecule has 0 atom stereocenters. The summed E-state index contributed by atoms with van der Waals surface area (Å²) in [5.41, 5.74) is 1.24. The Labute approximate surface area is 158 Å². The lowest BCUT2D eigenvalue weighted by molar-refractivity contribution is 0.0957. The summed E-state index contributed by atoms with van der Waals surface area (Å²) in [5, 5.41) is 11.4. The summed E-state index contributed by atoms with van der Waals surface area (Å²) >= 11 is 1.45. The predicted octanol–water partition coefficient (Wildman–Crippen LogP) is 2.28. The fraction of sp³-hybridized carbons (Fsp3) is 0.368. The average molecular weight is 375 g/mol. The largest absolute Gasteiger partial charge is 0.497 e. The molecule has 1 heterocycles. The zero-order valence-corrected chi connectivity index (χ0v) is 16.1. The first kappa shape index (κ1) is 19.8. The highest BCUT2D eigenvalue weighted by Crippen LogP contribution is 2.11. The highest BCUT2D eigenvalue weighted by Gasteiger charge is 2.04. The topological polar surface area (TPSA) is 74.8 Å². The minimum Gasteiger partial charge on any atom is -0.497 e. The highest BCUT2D eigenvalue weighted by atomic mass is 32.1. The van der Waals surface area contributed by atoms with Crippen molar-refractivity contribution in [3.05, 3.63) is 52.2 Å². The molecule has 0 radical (unpaired) electrons. The van der Waals surface area contributed by atoms with Crippen LogP contribution in [0.3, 0.4) is 0 Å². The molecule has 140 valence electrons. The van der Waals surface area contributed by atoms with Crippen LogP contribution in [0.4, 0.5) is 0 Å². The molecule has 2 rings (SSSR count). The van der Waals surface area contributed by atoms with Crippen molar-refractivity contribution < 1.29 is 9.53 Å². The number of amides is 1. The molecule has 6 nitrogen and oxygen atoms in total. The van der Waals surface area contributed by atoms with Gasteiger partial charge in [0.05, 0.1) is 12.0 Å². The molecular weight excluding hydrogens is 348 g/mol. The van der Waals surface area contributed by atoms with Gasteiger partial charge in [-0.25, -0.2) is 0 Å². The number of thiophene rings is 1. The minimum absolute atomic E-state index is 0.0120. The summed E-state index contributed by atoms with van der Waals surface area (Å²) in [6.07, 6.45) is 1.73. The highest BCUT2D eigenvalue weighted by molar-refractivity contribution is 7.12. The van der Waals surface area contributed by atoms with Gasteiger partial charge in [0.2, 0.25) is 0 Å². The molecule has 3 N–H and O–H groups in total. The Bertz CT molecular complexity index is 684. The number of hydrogen-bond acceptors (Lipinski definition) is 4. The molecule has 0 bridgehead atoms. The van der Waals surface area contributed by atoms with E-state index in [4.69, 9.17) is 4.74 Å². The van der Waals surface area contributed by atoms with Crippen LogP contribution in [-0.2, 0) is 6.42 Å². The maximum absolute atomic E-state index is 11.8. The number of ether oxygens (including phenoxy) is 1. The van der Waals surface area contributed by atoms with Gasteiger partial charge in [-0.3, -0.25) is 9.79 Å². The van der Waals surface area contributed by atoms with E-state index in [9.17, 15) is 4.79 Å². The van der Waals surface area contributed by atoms with Crippen LogP contribution >= 0.6 is 11.3 Å². The number of hydrogen-bond donors (Lipinski definition) is 3. The van der Waals surface area contributed by atoms with E-state index in [0.717, 1.165) is 42.5 Å². The third kappa shape index (κ3) is 6.76. The van der Waals surface area contributed by atoms with E-state index in [1.807, 2.05) is 29.6 Å². The quantitative estimate of drug-likeness (QED) is 0.358. The number of carbonyl (C=O) groups excluding carboxylic acids is 1. The standard InChI is InChI=1S/C19H26N4O2S/c1-20-19(23-13-10-15-6-8-16(25-2)9-7-15)22-12-4-11-21-18(24)17-5-3-14-26-17/h3,5-9,14H,4,10-13H2,1-2H3,(H,21,24)(H2,20,22,23). The van der Waals surface area contributed by atoms with E-state index >= 15 is 0 Å². The lowest BCUT2D eigenvalue weighted by atomic mass is 10.1. The molecule has 0 aliphatic heterocycles. The molecule has 0 aliphatic carbocycles. The van der Waals surface area contributed by atoms with Crippen LogP contribution in [0, 0.1) is 0 Å². The van der Waals surface area contributed by atoms with Gasteiger partial charge in [0.25, 0.3) is 5.91 Å². The zero-order chi connectivity index (χ0) is 18.6. The number of nitrogens with one attached hydrogen (secondary N) is 3. The van der Waals surface area contributed by atoms with Gasteiger partial charge in [0, 0.05) is 26.7 Å². The Balaban J connectivity index is 1.58. The molecule has 0 fully saturated rings. The summed E-state index contributed by atoms with van der Waals surface area (Å²) in [6.45, 7) is 2.17. The molecule has 2 aromatic rings. The molecule has 1 amide bonds. The van der Waals surface area contributed by atoms with Crippen molar-refractivity contribution in [1.29, 1.82) is 0 Å². The molecular formula is C19H26N4O2S. The maximum atomic E-state index is 11.8. The minimum atomic E-state index is -0.0120. The Kier molecular flexibility index (Phi) is 8.48. The van der Waals surface area contributed by atoms with Gasteiger partial charge in [0.15, 0.2) is 5.96 Å². The number of methoxy groups -OCH3 is 1. The van der Waals surface area contributed by atoms with E-state index < -0.39 is 0 Å². The Hall–Kier alpha value is -2.54. The number of rotatable bonds is 9. The first-order chi connectivity index (χ1) is 12.7. The lowest BCUT2D eigenvalue weighted by Crippen LogP contribution is -2.39. The molecule has 0 spiro atoms. The van der Waals surface area contributed by atoms with Gasteiger partial charge in [0.1, 0.15) is 5.75 Å². The Morgan fingerprint density at radius 1 is 1.08 bits per heavy atom. The fourth-order valence-electron chi connectivity index (χ4n) is 2.33. The van der Waals surface area contributed by atoms with Crippen LogP contribution in [-0.4, -0.2) is 45.7 Å². The van der Waals surface area contributed by atoms with Crippen LogP contribution in [0.5, 0.6) is 5.75 Å². The molecule has 1 aromatic heterocycles. The summed E-state index contributed by atoms with van der Waals surface area (Å²) in [4.78, 5) is 16.8. The monoisotopic (exact) mass is 374 g/mol. The number of guanidine groups is 1. The second-order valence-corrected chi connectivity index (χ2v) is 6.56. The van der Waals surface area contributed by atoms with Crippen LogP contribution in [0.25, 0.3) is 0 Å². The molecule has 1 aromatic carbocycles. The Morgan fingerprint density at radius 3 is 2.46 bits per heavy atom. The molecule has 0 aliphatic rings. The first-order valence-corrected chi connectivity index (χ1v) is 9.50. The number of carbonyl (C=O) groups is 1. The van der Waals surface area contributed by atoms with Crippen molar-refractivity contribution in [2.24, 2.45) is 4.99 Å². The van der Waals surface area contributed by atoms with Gasteiger partial charge in [-0.15, -0.1) is 11.3 Å². The molecule has 0 saturated carbocycles. The van der Waals surface area contributed by atoms with Crippen molar-refractivity contribution in [1.82, 2.24) is 16.0 Å². The van der Waals surface area contributed by atoms with Gasteiger partial charge in [-0.2, -0.15) is 0 Å². The van der Waals surface area contributed by atoms with E-state index in [0.29, 0.717) is 6.54 Å². The maximum Gasteiger partial charge on any atom is 0.261 e. The second-order valence-electron chi connectivity index (χ2n) is 5.61. The van der Waals surface area contributed by atoms with Crippen molar-refractivity contribution >= 4 is 23.2 Å². The van der Waals surface area contributed by atoms with Crippen molar-refractivity contribution in [2.75, 3.05) is 33.8 Å². The zero-order valence-electron chi connectivity index (χ0n) is 15.2. The first-order valence-electron chi connectivity index (χ1n) is 8.62. The lowest BCUT2D eigenvalue weighted by Gasteiger charge is -2.12. The van der Waals surface area contributed by atoms with Gasteiger partial charge < -0.3 is 20.7 Å². The summed E-state index contributed by atoms with van der Waals surface area (Å²) in [7, 11) is 3.42. The van der Waals surface area contributed by atoms with Gasteiger partial charge in [-0.05, 0) is 42.0 Å². The second kappa shape index (κ2) is 11.1. The third-order valence-corrected chi connectivity index (χ3v) is 4.63. The molecule has 0 saturated heterocycles. The molecule has 26 heavy (non-hydrogen) atoms. The van der Waals surface area contributed by atoms with Crippen LogP contribution < -0.4 is 20.7 Å². The van der Waals surface area contributed by atoms with Crippen molar-refractivity contribution in [3.63, 3.8) is 0 Å². The van der Waals surface area contributed by atoms with E-state index in [1.54, 1.807) is 14.2 Å². The van der Waals surface area contributed by atoms with Crippen LogP contribution in [0.2, 0.25) is 0 Å². The van der Waals surface area contributed by atoms with E-state index in [-0.39, 0.29) is 5.91 Å². The summed E-state index contributed by atoms with van der Waals surface area (Å²) in [5.74, 6) is 1.62. The van der Waals surface area contributed by atoms with Crippen LogP contribution in [0.15, 0.2) is 46.8 Å². The Morgan fingerprint density at radius 2 is 1.81 bits per heavy atom. The molecule has 0 unspecified atom stereocenters. The number of benzene rings is 1. The smallest absolute Gasteiger partial charge is 0.261 e. The normalized spacial score (nSPS) is 11.1. The van der Waals surface area contributed by atoms with Crippen molar-refractivity contribution in [2.45, 2.75) is 12.8 Å².